The largest absolute Gasteiger partial charge is 0.465 e. The van der Waals surface area contributed by atoms with Gasteiger partial charge in [0, 0.05) is 23.5 Å². The number of fused-ring (bicyclic) bond motifs is 1. The number of anilines is 1. The van der Waals surface area contributed by atoms with Gasteiger partial charge in [0.2, 0.25) is 0 Å². The van der Waals surface area contributed by atoms with E-state index in [-0.39, 0.29) is 22.0 Å². The van der Waals surface area contributed by atoms with Crippen LogP contribution in [0.15, 0.2) is 12.4 Å². The summed E-state index contributed by atoms with van der Waals surface area (Å²) in [5, 5.41) is 12.3. The Labute approximate surface area is 202 Å². The minimum atomic E-state index is -4.30. The molecule has 0 unspecified atom stereocenters. The molecule has 2 N–H and O–H groups in total. The molecule has 3 rings (SSSR count). The van der Waals surface area contributed by atoms with E-state index in [1.54, 1.807) is 0 Å². The number of halogens is 3. The van der Waals surface area contributed by atoms with Crippen LogP contribution < -0.4 is 10.2 Å². The molecule has 1 amide bonds. The molecule has 1 aliphatic carbocycles. The minimum Gasteiger partial charge on any atom is -0.465 e. The molecule has 12 heteroatoms. The first-order chi connectivity index (χ1) is 15.7. The summed E-state index contributed by atoms with van der Waals surface area (Å²) in [4.78, 5) is 22.6. The van der Waals surface area contributed by atoms with Crippen molar-refractivity contribution >= 4 is 41.8 Å². The second-order valence-electron chi connectivity index (χ2n) is 10.3. The molecule has 1 fully saturated rings. The van der Waals surface area contributed by atoms with Crippen molar-refractivity contribution in [1.82, 2.24) is 15.3 Å². The van der Waals surface area contributed by atoms with Gasteiger partial charge in [-0.15, -0.1) is 11.3 Å². The third kappa shape index (κ3) is 6.60. The van der Waals surface area contributed by atoms with Crippen molar-refractivity contribution in [2.45, 2.75) is 82.8 Å². The van der Waals surface area contributed by atoms with Crippen LogP contribution in [0.3, 0.4) is 0 Å². The summed E-state index contributed by atoms with van der Waals surface area (Å²) in [5.41, 5.74) is 0. The number of hydrogen-bond donors (Lipinski definition) is 2. The van der Waals surface area contributed by atoms with Gasteiger partial charge in [-0.3, -0.25) is 0 Å². The zero-order valence-corrected chi connectivity index (χ0v) is 22.0. The first-order valence-electron chi connectivity index (χ1n) is 11.4. The van der Waals surface area contributed by atoms with Gasteiger partial charge in [0.25, 0.3) is 0 Å². The smallest absolute Gasteiger partial charge is 0.404 e. The maximum absolute atomic E-state index is 13.0. The van der Waals surface area contributed by atoms with Crippen LogP contribution >= 0.6 is 11.3 Å². The van der Waals surface area contributed by atoms with Crippen molar-refractivity contribution in [2.24, 2.45) is 0 Å². The standard InChI is InChI=1S/C22H33F3N4O3SSi/c1-21(2,3)34(4,5)32-9-8-29(15-7-6-14(10-15)28-20(30)31)18-17-11-16(12-22(23,24)25)33-19(17)27-13-26-18/h11,13-15,28H,6-10,12H2,1-5H3,(H,30,31)/t14-,15+/m0/s1. The third-order valence-corrected chi connectivity index (χ3v) is 12.4. The van der Waals surface area contributed by atoms with E-state index in [0.717, 1.165) is 17.8 Å². The molecule has 1 aliphatic rings. The molecule has 190 valence electrons. The van der Waals surface area contributed by atoms with E-state index in [1.165, 1.54) is 12.4 Å². The molecule has 0 aromatic carbocycles. The van der Waals surface area contributed by atoms with Gasteiger partial charge in [0.15, 0.2) is 8.32 Å². The lowest BCUT2D eigenvalue weighted by molar-refractivity contribution is -0.126. The highest BCUT2D eigenvalue weighted by Crippen LogP contribution is 2.38. The van der Waals surface area contributed by atoms with Crippen molar-refractivity contribution in [1.29, 1.82) is 0 Å². The highest BCUT2D eigenvalue weighted by molar-refractivity contribution is 7.18. The van der Waals surface area contributed by atoms with Gasteiger partial charge < -0.3 is 19.7 Å². The van der Waals surface area contributed by atoms with E-state index in [1.807, 2.05) is 0 Å². The van der Waals surface area contributed by atoms with E-state index in [2.05, 4.69) is 54.0 Å². The Morgan fingerprint density at radius 3 is 2.62 bits per heavy atom. The molecule has 0 aliphatic heterocycles. The number of nitrogens with one attached hydrogen (secondary N) is 1. The van der Waals surface area contributed by atoms with Crippen LogP contribution in [-0.2, 0) is 10.8 Å². The Hall–Kier alpha value is -1.92. The number of carbonyl (C=O) groups is 1. The molecular weight excluding hydrogens is 485 g/mol. The van der Waals surface area contributed by atoms with Gasteiger partial charge in [-0.1, -0.05) is 20.8 Å². The number of alkyl halides is 3. The molecule has 0 bridgehead atoms. The summed E-state index contributed by atoms with van der Waals surface area (Å²) < 4.78 is 45.3. The molecule has 2 heterocycles. The highest BCUT2D eigenvalue weighted by atomic mass is 32.1. The highest BCUT2D eigenvalue weighted by Gasteiger charge is 2.38. The molecule has 34 heavy (non-hydrogen) atoms. The molecule has 0 spiro atoms. The van der Waals surface area contributed by atoms with Crippen LogP contribution in [0.2, 0.25) is 18.1 Å². The third-order valence-electron chi connectivity index (χ3n) is 6.78. The zero-order chi connectivity index (χ0) is 25.3. The van der Waals surface area contributed by atoms with Gasteiger partial charge in [-0.05, 0) is 43.5 Å². The quantitative estimate of drug-likeness (QED) is 0.429. The van der Waals surface area contributed by atoms with Crippen molar-refractivity contribution < 1.29 is 27.5 Å². The van der Waals surface area contributed by atoms with Gasteiger partial charge >= 0.3 is 12.3 Å². The average molecular weight is 519 g/mol. The normalized spacial score (nSPS) is 19.5. The number of amides is 1. The van der Waals surface area contributed by atoms with Crippen LogP contribution in [0, 0.1) is 0 Å². The van der Waals surface area contributed by atoms with E-state index >= 15 is 0 Å². The van der Waals surface area contributed by atoms with Gasteiger partial charge in [-0.2, -0.15) is 13.2 Å². The Morgan fingerprint density at radius 1 is 1.29 bits per heavy atom. The number of carboxylic acid groups (broad SMARTS) is 1. The predicted molar refractivity (Wildman–Crippen MR) is 130 cm³/mol. The molecular formula is C22H33F3N4O3SSi. The number of rotatable bonds is 8. The lowest BCUT2D eigenvalue weighted by Crippen LogP contribution is -2.44. The second kappa shape index (κ2) is 9.98. The number of aromatic nitrogens is 2. The second-order valence-corrected chi connectivity index (χ2v) is 16.3. The summed E-state index contributed by atoms with van der Waals surface area (Å²) in [6.07, 6.45) is -2.95. The number of thiophene rings is 1. The van der Waals surface area contributed by atoms with Gasteiger partial charge in [0.05, 0.1) is 18.4 Å². The fourth-order valence-corrected chi connectivity index (χ4v) is 6.09. The van der Waals surface area contributed by atoms with Gasteiger partial charge in [-0.25, -0.2) is 14.8 Å². The van der Waals surface area contributed by atoms with E-state index < -0.39 is 27.0 Å². The Kier molecular flexibility index (Phi) is 7.83. The first kappa shape index (κ1) is 26.7. The molecule has 7 nitrogen and oxygen atoms in total. The summed E-state index contributed by atoms with van der Waals surface area (Å²) in [7, 11) is -2.00. The van der Waals surface area contributed by atoms with Crippen molar-refractivity contribution in [3.8, 4) is 0 Å². The Balaban J connectivity index is 1.89. The number of nitrogens with zero attached hydrogens (tertiary/aromatic N) is 3. The molecule has 0 saturated heterocycles. The molecule has 2 aromatic rings. The van der Waals surface area contributed by atoms with Crippen molar-refractivity contribution in [2.75, 3.05) is 18.1 Å². The summed E-state index contributed by atoms with van der Waals surface area (Å²) in [6, 6.07) is 1.35. The van der Waals surface area contributed by atoms with E-state index in [9.17, 15) is 18.0 Å². The van der Waals surface area contributed by atoms with Crippen LogP contribution in [0.25, 0.3) is 10.2 Å². The topological polar surface area (TPSA) is 87.6 Å². The summed E-state index contributed by atoms with van der Waals surface area (Å²) in [6.45, 7) is 11.8. The molecule has 0 radical (unpaired) electrons. The molecule has 2 atom stereocenters. The Morgan fingerprint density at radius 2 is 2.00 bits per heavy atom. The van der Waals surface area contributed by atoms with E-state index in [0.29, 0.717) is 42.0 Å². The Bertz CT molecular complexity index is 1010. The first-order valence-corrected chi connectivity index (χ1v) is 15.1. The van der Waals surface area contributed by atoms with Crippen LogP contribution in [0.1, 0.15) is 44.9 Å². The fourth-order valence-electron chi connectivity index (χ4n) is 4.03. The SMILES string of the molecule is CC(C)(C)[Si](C)(C)OCCN(c1ncnc2sc(CC(F)(F)F)cc12)[C@@H]1CC[C@H](NC(=O)O)C1. The lowest BCUT2D eigenvalue weighted by atomic mass is 10.2. The molecule has 1 saturated carbocycles. The maximum Gasteiger partial charge on any atom is 0.404 e. The van der Waals surface area contributed by atoms with E-state index in [4.69, 9.17) is 9.53 Å². The molecule has 2 aromatic heterocycles. The van der Waals surface area contributed by atoms with Crippen LogP contribution in [-0.4, -0.2) is 60.9 Å². The van der Waals surface area contributed by atoms with Crippen LogP contribution in [0.5, 0.6) is 0 Å². The monoisotopic (exact) mass is 518 g/mol. The average Bonchev–Trinajstić information content (AvgIpc) is 3.28. The fraction of sp³-hybridized carbons (Fsp3) is 0.682. The predicted octanol–water partition coefficient (Wildman–Crippen LogP) is 5.81. The minimum absolute atomic E-state index is 0.0102. The van der Waals surface area contributed by atoms with Crippen LogP contribution in [0.4, 0.5) is 23.8 Å². The van der Waals surface area contributed by atoms with Gasteiger partial charge in [0.1, 0.15) is 17.0 Å². The summed E-state index contributed by atoms with van der Waals surface area (Å²) in [5.74, 6) is 0.578. The van der Waals surface area contributed by atoms with Crippen molar-refractivity contribution in [3.05, 3.63) is 17.3 Å². The number of hydrogen-bond acceptors (Lipinski definition) is 6. The zero-order valence-electron chi connectivity index (χ0n) is 20.2. The lowest BCUT2D eigenvalue weighted by Gasteiger charge is -2.38. The van der Waals surface area contributed by atoms with Crippen molar-refractivity contribution in [3.63, 3.8) is 0 Å². The summed E-state index contributed by atoms with van der Waals surface area (Å²) >= 11 is 1.03. The maximum atomic E-state index is 13.0.